The highest BCUT2D eigenvalue weighted by Crippen LogP contribution is 2.19. The summed E-state index contributed by atoms with van der Waals surface area (Å²) < 4.78 is 27.0. The molecule has 0 saturated carbocycles. The minimum atomic E-state index is -3.40. The molecule has 0 bridgehead atoms. The monoisotopic (exact) mass is 265 g/mol. The lowest BCUT2D eigenvalue weighted by Crippen LogP contribution is -2.35. The van der Waals surface area contributed by atoms with Crippen LogP contribution in [0.2, 0.25) is 0 Å². The van der Waals surface area contributed by atoms with Crippen molar-refractivity contribution >= 4 is 10.0 Å². The number of hydrogen-bond acceptors (Lipinski definition) is 2. The third-order valence-electron chi connectivity index (χ3n) is 3.24. The molecule has 0 radical (unpaired) electrons. The Morgan fingerprint density at radius 3 is 2.33 bits per heavy atom. The molecule has 0 saturated heterocycles. The van der Waals surface area contributed by atoms with Crippen LogP contribution in [0, 0.1) is 12.8 Å². The summed E-state index contributed by atoms with van der Waals surface area (Å²) in [6.45, 7) is 4.08. The van der Waals surface area contributed by atoms with Gasteiger partial charge in [-0.3, -0.25) is 0 Å². The molecule has 0 unspecified atom stereocenters. The van der Waals surface area contributed by atoms with Gasteiger partial charge in [0.2, 0.25) is 10.0 Å². The van der Waals surface area contributed by atoms with Gasteiger partial charge in [-0.25, -0.2) is 13.1 Å². The summed E-state index contributed by atoms with van der Waals surface area (Å²) in [6.07, 6.45) is 5.92. The number of rotatable bonds is 3. The first-order chi connectivity index (χ1) is 8.47. The Morgan fingerprint density at radius 2 is 1.78 bits per heavy atom. The van der Waals surface area contributed by atoms with Gasteiger partial charge < -0.3 is 0 Å². The van der Waals surface area contributed by atoms with Gasteiger partial charge in [-0.2, -0.15) is 0 Å². The predicted octanol–water partition coefficient (Wildman–Crippen LogP) is 2.63. The van der Waals surface area contributed by atoms with Crippen LogP contribution in [-0.2, 0) is 10.0 Å². The van der Waals surface area contributed by atoms with Crippen molar-refractivity contribution in [1.29, 1.82) is 0 Å². The lowest BCUT2D eigenvalue weighted by atomic mass is 9.95. The molecule has 3 nitrogen and oxygen atoms in total. The standard InChI is InChI=1S/C14H19NO2S/c1-11-3-7-13(8-4-11)15-18(16,17)14-9-5-12(2)6-10-14/h3,5-7,9-11,13,15H,4,8H2,1-2H3/t11-,13-/m1/s1. The van der Waals surface area contributed by atoms with Crippen LogP contribution in [0.3, 0.4) is 0 Å². The first-order valence-electron chi connectivity index (χ1n) is 6.25. The van der Waals surface area contributed by atoms with E-state index in [0.717, 1.165) is 18.4 Å². The van der Waals surface area contributed by atoms with E-state index in [1.807, 2.05) is 25.1 Å². The maximum Gasteiger partial charge on any atom is 0.241 e. The van der Waals surface area contributed by atoms with Crippen LogP contribution in [0.4, 0.5) is 0 Å². The van der Waals surface area contributed by atoms with Gasteiger partial charge in [-0.05, 0) is 37.8 Å². The van der Waals surface area contributed by atoms with Crippen molar-refractivity contribution in [2.75, 3.05) is 0 Å². The van der Waals surface area contributed by atoms with Crippen LogP contribution in [0.15, 0.2) is 41.3 Å². The van der Waals surface area contributed by atoms with Crippen molar-refractivity contribution in [1.82, 2.24) is 4.72 Å². The summed E-state index contributed by atoms with van der Waals surface area (Å²) in [7, 11) is -3.40. The van der Waals surface area contributed by atoms with Gasteiger partial charge in [0, 0.05) is 6.04 Å². The molecule has 2 rings (SSSR count). The molecular weight excluding hydrogens is 246 g/mol. The van der Waals surface area contributed by atoms with Crippen LogP contribution in [0.1, 0.15) is 25.3 Å². The number of aryl methyl sites for hydroxylation is 1. The Balaban J connectivity index is 2.12. The Bertz CT molecular complexity index is 531. The molecule has 18 heavy (non-hydrogen) atoms. The Kier molecular flexibility index (Phi) is 3.88. The zero-order valence-electron chi connectivity index (χ0n) is 10.8. The summed E-state index contributed by atoms with van der Waals surface area (Å²) in [5.74, 6) is 0.546. The molecule has 1 aromatic carbocycles. The Labute approximate surface area is 109 Å². The number of allylic oxidation sites excluding steroid dienone is 1. The zero-order valence-corrected chi connectivity index (χ0v) is 11.6. The fraction of sp³-hybridized carbons (Fsp3) is 0.429. The summed E-state index contributed by atoms with van der Waals surface area (Å²) in [6, 6.07) is 6.84. The largest absolute Gasteiger partial charge is 0.241 e. The molecule has 0 spiro atoms. The predicted molar refractivity (Wildman–Crippen MR) is 72.8 cm³/mol. The summed E-state index contributed by atoms with van der Waals surface area (Å²) >= 11 is 0. The Hall–Kier alpha value is -1.13. The highest BCUT2D eigenvalue weighted by Gasteiger charge is 2.20. The molecular formula is C14H19NO2S. The van der Waals surface area contributed by atoms with Gasteiger partial charge in [-0.15, -0.1) is 0 Å². The summed E-state index contributed by atoms with van der Waals surface area (Å²) in [5.41, 5.74) is 1.06. The van der Waals surface area contributed by atoms with Crippen LogP contribution >= 0.6 is 0 Å². The second kappa shape index (κ2) is 5.24. The first-order valence-corrected chi connectivity index (χ1v) is 7.73. The van der Waals surface area contributed by atoms with Gasteiger partial charge >= 0.3 is 0 Å². The molecule has 98 valence electrons. The minimum absolute atomic E-state index is 0.0764. The van der Waals surface area contributed by atoms with Crippen LogP contribution in [0.5, 0.6) is 0 Å². The van der Waals surface area contributed by atoms with Crippen LogP contribution in [-0.4, -0.2) is 14.5 Å². The second-order valence-corrected chi connectivity index (χ2v) is 6.69. The van der Waals surface area contributed by atoms with Crippen LogP contribution < -0.4 is 4.72 Å². The fourth-order valence-corrected chi connectivity index (χ4v) is 3.27. The Morgan fingerprint density at radius 1 is 1.11 bits per heavy atom. The van der Waals surface area contributed by atoms with Gasteiger partial charge in [0.25, 0.3) is 0 Å². The molecule has 0 aromatic heterocycles. The third-order valence-corrected chi connectivity index (χ3v) is 4.75. The number of sulfonamides is 1. The molecule has 0 heterocycles. The van der Waals surface area contributed by atoms with E-state index in [1.165, 1.54) is 0 Å². The lowest BCUT2D eigenvalue weighted by Gasteiger charge is -2.21. The van der Waals surface area contributed by atoms with E-state index >= 15 is 0 Å². The maximum atomic E-state index is 12.1. The van der Waals surface area contributed by atoms with E-state index in [2.05, 4.69) is 17.7 Å². The summed E-state index contributed by atoms with van der Waals surface area (Å²) in [4.78, 5) is 0.333. The first kappa shape index (κ1) is 13.3. The van der Waals surface area contributed by atoms with Crippen molar-refractivity contribution in [2.45, 2.75) is 37.6 Å². The molecule has 0 fully saturated rings. The van der Waals surface area contributed by atoms with Crippen molar-refractivity contribution in [3.63, 3.8) is 0 Å². The highest BCUT2D eigenvalue weighted by molar-refractivity contribution is 7.89. The SMILES string of the molecule is Cc1ccc(S(=O)(=O)N[C@@H]2C=C[C@@H](C)CC2)cc1. The molecule has 0 aliphatic heterocycles. The van der Waals surface area contributed by atoms with Gasteiger partial charge in [0.15, 0.2) is 0 Å². The molecule has 1 N–H and O–H groups in total. The van der Waals surface area contributed by atoms with Crippen LogP contribution in [0.25, 0.3) is 0 Å². The quantitative estimate of drug-likeness (QED) is 0.854. The van der Waals surface area contributed by atoms with E-state index in [-0.39, 0.29) is 6.04 Å². The molecule has 2 atom stereocenters. The fourth-order valence-electron chi connectivity index (χ4n) is 2.04. The maximum absolute atomic E-state index is 12.1. The molecule has 1 aliphatic carbocycles. The summed E-state index contributed by atoms with van der Waals surface area (Å²) in [5, 5.41) is 0. The van der Waals surface area contributed by atoms with Crippen molar-refractivity contribution in [2.24, 2.45) is 5.92 Å². The normalized spacial score (nSPS) is 24.1. The van der Waals surface area contributed by atoms with Gasteiger partial charge in [-0.1, -0.05) is 36.8 Å². The average Bonchev–Trinajstić information content (AvgIpc) is 2.32. The minimum Gasteiger partial charge on any atom is -0.207 e. The van der Waals surface area contributed by atoms with E-state index < -0.39 is 10.0 Å². The molecule has 0 amide bonds. The highest BCUT2D eigenvalue weighted by atomic mass is 32.2. The number of nitrogens with one attached hydrogen (secondary N) is 1. The van der Waals surface area contributed by atoms with Gasteiger partial charge in [0.05, 0.1) is 4.90 Å². The van der Waals surface area contributed by atoms with E-state index in [1.54, 1.807) is 12.1 Å². The average molecular weight is 265 g/mol. The number of benzene rings is 1. The zero-order chi connectivity index (χ0) is 13.2. The van der Waals surface area contributed by atoms with Gasteiger partial charge in [0.1, 0.15) is 0 Å². The lowest BCUT2D eigenvalue weighted by molar-refractivity contribution is 0.506. The van der Waals surface area contributed by atoms with Crippen molar-refractivity contribution < 1.29 is 8.42 Å². The molecule has 1 aliphatic rings. The smallest absolute Gasteiger partial charge is 0.207 e. The van der Waals surface area contributed by atoms with E-state index in [4.69, 9.17) is 0 Å². The molecule has 4 heteroatoms. The van der Waals surface area contributed by atoms with Crippen molar-refractivity contribution in [3.05, 3.63) is 42.0 Å². The third kappa shape index (κ3) is 3.21. The second-order valence-electron chi connectivity index (χ2n) is 4.98. The van der Waals surface area contributed by atoms with E-state index in [0.29, 0.717) is 10.8 Å². The number of hydrogen-bond donors (Lipinski definition) is 1. The topological polar surface area (TPSA) is 46.2 Å². The molecule has 1 aromatic rings. The van der Waals surface area contributed by atoms with E-state index in [9.17, 15) is 8.42 Å². The van der Waals surface area contributed by atoms with Crippen molar-refractivity contribution in [3.8, 4) is 0 Å².